The topological polar surface area (TPSA) is 79.2 Å². The molecule has 25 heavy (non-hydrogen) atoms. The van der Waals surface area contributed by atoms with Gasteiger partial charge < -0.3 is 9.84 Å². The molecular formula is C19H24N2O4. The van der Waals surface area contributed by atoms with Crippen molar-refractivity contribution >= 4 is 17.9 Å². The Bertz CT molecular complexity index is 674. The van der Waals surface area contributed by atoms with Crippen LogP contribution in [0.2, 0.25) is 0 Å². The van der Waals surface area contributed by atoms with Gasteiger partial charge in [-0.2, -0.15) is 0 Å². The summed E-state index contributed by atoms with van der Waals surface area (Å²) in [5.74, 6) is -0.602. The summed E-state index contributed by atoms with van der Waals surface area (Å²) >= 11 is 0. The van der Waals surface area contributed by atoms with E-state index in [-0.39, 0.29) is 6.42 Å². The fourth-order valence-electron chi connectivity index (χ4n) is 2.41. The molecule has 0 aromatic heterocycles. The molecule has 2 rings (SSSR count). The Morgan fingerprint density at radius 2 is 1.92 bits per heavy atom. The van der Waals surface area contributed by atoms with Crippen molar-refractivity contribution in [3.8, 4) is 0 Å². The lowest BCUT2D eigenvalue weighted by molar-refractivity contribution is -0.138. The zero-order valence-corrected chi connectivity index (χ0v) is 14.8. The molecule has 0 bridgehead atoms. The van der Waals surface area contributed by atoms with Crippen LogP contribution < -0.4 is 0 Å². The number of amidine groups is 1. The zero-order valence-electron chi connectivity index (χ0n) is 14.8. The van der Waals surface area contributed by atoms with Gasteiger partial charge >= 0.3 is 12.1 Å². The molecule has 0 fully saturated rings. The maximum atomic E-state index is 12.4. The highest BCUT2D eigenvalue weighted by Crippen LogP contribution is 2.16. The van der Waals surface area contributed by atoms with Crippen molar-refractivity contribution in [3.63, 3.8) is 0 Å². The number of carboxylic acids is 1. The van der Waals surface area contributed by atoms with Gasteiger partial charge in [0.2, 0.25) is 0 Å². The number of hydrogen-bond donors (Lipinski definition) is 1. The van der Waals surface area contributed by atoms with Gasteiger partial charge in [-0.05, 0) is 26.3 Å². The van der Waals surface area contributed by atoms with Gasteiger partial charge in [0.15, 0.2) is 6.04 Å². The van der Waals surface area contributed by atoms with Crippen LogP contribution in [0.3, 0.4) is 0 Å². The number of rotatable bonds is 4. The second kappa shape index (κ2) is 7.96. The first-order chi connectivity index (χ1) is 11.8. The summed E-state index contributed by atoms with van der Waals surface area (Å²) in [6.45, 7) is 5.69. The molecular weight excluding hydrogens is 320 g/mol. The highest BCUT2D eigenvalue weighted by Gasteiger charge is 2.28. The van der Waals surface area contributed by atoms with E-state index in [9.17, 15) is 14.7 Å². The molecule has 0 unspecified atom stereocenters. The molecule has 6 heteroatoms. The monoisotopic (exact) mass is 344 g/mol. The van der Waals surface area contributed by atoms with E-state index in [4.69, 9.17) is 4.74 Å². The Kier molecular flexibility index (Phi) is 5.96. The van der Waals surface area contributed by atoms with Gasteiger partial charge in [-0.15, -0.1) is 0 Å². The Labute approximate surface area is 147 Å². The molecule has 1 amide bonds. The highest BCUT2D eigenvalue weighted by molar-refractivity contribution is 5.98. The first-order valence-electron chi connectivity index (χ1n) is 8.25. The standard InChI is InChI=1S/C19H24N2O4/c1-19(2,3)25-18(24)21-12-8-7-11-16(21)20-15(17(22)23)13-14-9-5-4-6-10-14/h4-10,15H,11-13H2,1-3H3,(H,22,23)/t15-/m0/s1. The first-order valence-corrected chi connectivity index (χ1v) is 8.25. The molecule has 1 aliphatic rings. The van der Waals surface area contributed by atoms with Crippen LogP contribution in [0.1, 0.15) is 32.8 Å². The van der Waals surface area contributed by atoms with Crippen LogP contribution in [0.15, 0.2) is 47.5 Å². The molecule has 6 nitrogen and oxygen atoms in total. The average Bonchev–Trinajstić information content (AvgIpc) is 2.54. The number of aliphatic carboxylic acids is 1. The van der Waals surface area contributed by atoms with Gasteiger partial charge in [-0.25, -0.2) is 9.59 Å². The molecule has 1 aliphatic heterocycles. The Hall–Kier alpha value is -2.63. The van der Waals surface area contributed by atoms with Crippen molar-refractivity contribution in [1.29, 1.82) is 0 Å². The predicted octanol–water partition coefficient (Wildman–Crippen LogP) is 3.28. The van der Waals surface area contributed by atoms with Crippen LogP contribution >= 0.6 is 0 Å². The lowest BCUT2D eigenvalue weighted by atomic mass is 10.1. The summed E-state index contributed by atoms with van der Waals surface area (Å²) in [4.78, 5) is 29.7. The molecule has 1 heterocycles. The second-order valence-electron chi connectivity index (χ2n) is 6.86. The summed E-state index contributed by atoms with van der Waals surface area (Å²) in [5.41, 5.74) is 0.258. The SMILES string of the molecule is CC(C)(C)OC(=O)N1CC=CCC1=N[C@@H](Cc1ccccc1)C(=O)O. The molecule has 0 saturated carbocycles. The number of carboxylic acid groups (broad SMARTS) is 1. The van der Waals surface area contributed by atoms with E-state index in [1.165, 1.54) is 4.90 Å². The van der Waals surface area contributed by atoms with Gasteiger partial charge in [-0.1, -0.05) is 42.5 Å². The van der Waals surface area contributed by atoms with E-state index in [0.717, 1.165) is 5.56 Å². The molecule has 1 N–H and O–H groups in total. The van der Waals surface area contributed by atoms with Crippen molar-refractivity contribution < 1.29 is 19.4 Å². The van der Waals surface area contributed by atoms with Crippen molar-refractivity contribution in [2.45, 2.75) is 45.3 Å². The number of amides is 1. The highest BCUT2D eigenvalue weighted by atomic mass is 16.6. The quantitative estimate of drug-likeness (QED) is 0.850. The minimum Gasteiger partial charge on any atom is -0.480 e. The maximum absolute atomic E-state index is 12.4. The summed E-state index contributed by atoms with van der Waals surface area (Å²) < 4.78 is 5.39. The lowest BCUT2D eigenvalue weighted by Gasteiger charge is -2.29. The molecule has 0 aliphatic carbocycles. The largest absolute Gasteiger partial charge is 0.480 e. The second-order valence-corrected chi connectivity index (χ2v) is 6.86. The fourth-order valence-corrected chi connectivity index (χ4v) is 2.41. The summed E-state index contributed by atoms with van der Waals surface area (Å²) in [5, 5.41) is 9.52. The van der Waals surface area contributed by atoms with Crippen LogP contribution in [0.5, 0.6) is 0 Å². The van der Waals surface area contributed by atoms with Crippen molar-refractivity contribution in [2.75, 3.05) is 6.54 Å². The number of benzene rings is 1. The van der Waals surface area contributed by atoms with Gasteiger partial charge in [0.25, 0.3) is 0 Å². The van der Waals surface area contributed by atoms with Crippen LogP contribution in [-0.2, 0) is 16.0 Å². The smallest absolute Gasteiger partial charge is 0.416 e. The van der Waals surface area contributed by atoms with E-state index < -0.39 is 23.7 Å². The molecule has 134 valence electrons. The van der Waals surface area contributed by atoms with E-state index in [1.807, 2.05) is 42.5 Å². The lowest BCUT2D eigenvalue weighted by Crippen LogP contribution is -2.43. The Balaban J connectivity index is 2.22. The number of hydrogen-bond acceptors (Lipinski definition) is 4. The number of ether oxygens (including phenoxy) is 1. The third kappa shape index (κ3) is 5.74. The number of carbonyl (C=O) groups is 2. The third-order valence-corrected chi connectivity index (χ3v) is 3.54. The predicted molar refractivity (Wildman–Crippen MR) is 95.7 cm³/mol. The first kappa shape index (κ1) is 18.7. The number of aliphatic imine (C=N–C) groups is 1. The molecule has 1 atom stereocenters. The Morgan fingerprint density at radius 3 is 2.52 bits per heavy atom. The summed E-state index contributed by atoms with van der Waals surface area (Å²) in [6, 6.07) is 8.37. The summed E-state index contributed by atoms with van der Waals surface area (Å²) in [6.07, 6.45) is 3.87. The number of nitrogens with zero attached hydrogens (tertiary/aromatic N) is 2. The van der Waals surface area contributed by atoms with Crippen LogP contribution in [0.4, 0.5) is 4.79 Å². The molecule has 0 radical (unpaired) electrons. The van der Waals surface area contributed by atoms with E-state index in [1.54, 1.807) is 20.8 Å². The average molecular weight is 344 g/mol. The van der Waals surface area contributed by atoms with E-state index >= 15 is 0 Å². The van der Waals surface area contributed by atoms with Crippen molar-refractivity contribution in [2.24, 2.45) is 4.99 Å². The van der Waals surface area contributed by atoms with Gasteiger partial charge in [0.1, 0.15) is 11.4 Å². The molecule has 0 saturated heterocycles. The van der Waals surface area contributed by atoms with Crippen LogP contribution in [0.25, 0.3) is 0 Å². The van der Waals surface area contributed by atoms with E-state index in [0.29, 0.717) is 18.8 Å². The molecule has 1 aromatic rings. The summed E-state index contributed by atoms with van der Waals surface area (Å²) in [7, 11) is 0. The van der Waals surface area contributed by atoms with Crippen molar-refractivity contribution in [1.82, 2.24) is 4.90 Å². The third-order valence-electron chi connectivity index (χ3n) is 3.54. The molecule has 1 aromatic carbocycles. The normalized spacial score (nSPS) is 17.4. The van der Waals surface area contributed by atoms with Gasteiger partial charge in [0, 0.05) is 19.4 Å². The Morgan fingerprint density at radius 1 is 1.24 bits per heavy atom. The van der Waals surface area contributed by atoms with Crippen molar-refractivity contribution in [3.05, 3.63) is 48.0 Å². The maximum Gasteiger partial charge on any atom is 0.416 e. The minimum absolute atomic E-state index is 0.269. The zero-order chi connectivity index (χ0) is 18.4. The van der Waals surface area contributed by atoms with Crippen LogP contribution in [0, 0.1) is 0 Å². The minimum atomic E-state index is -1.02. The van der Waals surface area contributed by atoms with Crippen LogP contribution in [-0.4, -0.2) is 46.1 Å². The van der Waals surface area contributed by atoms with E-state index in [2.05, 4.69) is 4.99 Å². The fraction of sp³-hybridized carbons (Fsp3) is 0.421. The number of carbonyl (C=O) groups excluding carboxylic acids is 1. The molecule has 0 spiro atoms. The van der Waals surface area contributed by atoms with Gasteiger partial charge in [-0.3, -0.25) is 9.89 Å². The van der Waals surface area contributed by atoms with Gasteiger partial charge in [0.05, 0.1) is 0 Å².